The first kappa shape index (κ1) is 33.6. The van der Waals surface area contributed by atoms with E-state index in [1.807, 2.05) is 62.9 Å². The van der Waals surface area contributed by atoms with Crippen LogP contribution in [0.2, 0.25) is 0 Å². The van der Waals surface area contributed by atoms with Gasteiger partial charge < -0.3 is 30.8 Å². The van der Waals surface area contributed by atoms with Gasteiger partial charge in [0.15, 0.2) is 0 Å². The number of nitrogens with one attached hydrogen (secondary N) is 4. The molecule has 1 fully saturated rings. The number of rotatable bonds is 6. The normalized spacial score (nSPS) is 26.6. The van der Waals surface area contributed by atoms with Crippen LogP contribution in [0.25, 0.3) is 0 Å². The molecule has 1 aromatic heterocycles. The van der Waals surface area contributed by atoms with Crippen molar-refractivity contribution in [2.45, 2.75) is 102 Å². The Balaban J connectivity index is 1.75. The molecule has 244 valence electrons. The Morgan fingerprint density at radius 3 is 2.24 bits per heavy atom. The number of benzene rings is 1. The Hall–Kier alpha value is -4.33. The molecular formula is C31H43N7O7. The lowest BCUT2D eigenvalue weighted by Gasteiger charge is -2.37. The van der Waals surface area contributed by atoms with Gasteiger partial charge in [0.05, 0.1) is 18.0 Å². The minimum atomic E-state index is -1.45. The van der Waals surface area contributed by atoms with Gasteiger partial charge in [-0.3, -0.25) is 28.9 Å². The largest absolute Gasteiger partial charge is 0.481 e. The summed E-state index contributed by atoms with van der Waals surface area (Å²) in [7, 11) is 0. The van der Waals surface area contributed by atoms with Crippen LogP contribution in [0.4, 0.5) is 0 Å². The van der Waals surface area contributed by atoms with Crippen LogP contribution >= 0.6 is 0 Å². The number of carboxylic acid groups (broad SMARTS) is 1. The predicted molar refractivity (Wildman–Crippen MR) is 161 cm³/mol. The van der Waals surface area contributed by atoms with Crippen LogP contribution in [-0.4, -0.2) is 80.5 Å². The maximum atomic E-state index is 13.9. The predicted octanol–water partition coefficient (Wildman–Crippen LogP) is 1.18. The molecule has 4 amide bonds. The molecule has 2 aromatic rings. The zero-order valence-corrected chi connectivity index (χ0v) is 26.3. The van der Waals surface area contributed by atoms with E-state index in [2.05, 4.69) is 31.5 Å². The molecule has 2 aliphatic heterocycles. The highest BCUT2D eigenvalue weighted by Gasteiger charge is 2.45. The molecule has 5 N–H and O–H groups in total. The Labute approximate surface area is 262 Å². The molecule has 14 nitrogen and oxygen atoms in total. The third-order valence-corrected chi connectivity index (χ3v) is 8.23. The van der Waals surface area contributed by atoms with Crippen molar-refractivity contribution in [3.05, 3.63) is 47.7 Å². The van der Waals surface area contributed by atoms with Gasteiger partial charge in [-0.05, 0) is 51.5 Å². The topological polar surface area (TPSA) is 196 Å². The van der Waals surface area contributed by atoms with Crippen LogP contribution < -0.4 is 21.3 Å². The van der Waals surface area contributed by atoms with E-state index in [0.29, 0.717) is 13.0 Å². The first-order chi connectivity index (χ1) is 21.3. The van der Waals surface area contributed by atoms with Crippen molar-refractivity contribution in [3.63, 3.8) is 0 Å². The summed E-state index contributed by atoms with van der Waals surface area (Å²) in [5.74, 6) is -3.44. The van der Waals surface area contributed by atoms with Crippen LogP contribution in [0, 0.1) is 5.92 Å². The van der Waals surface area contributed by atoms with E-state index >= 15 is 0 Å². The van der Waals surface area contributed by atoms with Gasteiger partial charge in [-0.1, -0.05) is 44.2 Å². The van der Waals surface area contributed by atoms with Crippen molar-refractivity contribution in [2.75, 3.05) is 6.54 Å². The molecule has 45 heavy (non-hydrogen) atoms. The second-order valence-electron chi connectivity index (χ2n) is 12.7. The molecule has 0 spiro atoms. The molecule has 5 atom stereocenters. The standard InChI is InChI=1S/C31H43N7O7/c1-17(2)14-20-26(42)34-22(16-24(39)40)25(41)32-18(3)29-36-37-30(45-29)31(4,5)38-13-9-12-23(38)28(44)35-21(27(43)33-20)15-19-10-7-6-8-11-19/h6-8,10-11,17-18,20-23H,9,12-16H2,1-5H3,(H,32,41)(H,33,43)(H,34,42)(H,35,44)(H,39,40)/t18-,20+,21-,22+,23-/m0/s1. The number of aromatic nitrogens is 2. The van der Waals surface area contributed by atoms with E-state index in [1.54, 1.807) is 6.92 Å². The maximum absolute atomic E-state index is 13.9. The van der Waals surface area contributed by atoms with Gasteiger partial charge in [0.1, 0.15) is 24.2 Å². The average Bonchev–Trinajstić information content (AvgIpc) is 3.67. The highest BCUT2D eigenvalue weighted by Crippen LogP contribution is 2.34. The summed E-state index contributed by atoms with van der Waals surface area (Å²) in [6.45, 7) is 9.62. The van der Waals surface area contributed by atoms with Crippen molar-refractivity contribution in [3.8, 4) is 0 Å². The van der Waals surface area contributed by atoms with Gasteiger partial charge in [0.25, 0.3) is 0 Å². The molecule has 1 saturated heterocycles. The Bertz CT molecular complexity index is 1390. The molecule has 0 unspecified atom stereocenters. The van der Waals surface area contributed by atoms with Crippen LogP contribution in [0.5, 0.6) is 0 Å². The molecule has 14 heteroatoms. The van der Waals surface area contributed by atoms with Crippen molar-refractivity contribution in [2.24, 2.45) is 5.92 Å². The number of hydrogen-bond donors (Lipinski definition) is 5. The first-order valence-corrected chi connectivity index (χ1v) is 15.3. The lowest BCUT2D eigenvalue weighted by Crippen LogP contribution is -2.59. The summed E-state index contributed by atoms with van der Waals surface area (Å²) in [5, 5.41) is 28.7. The molecule has 1 aromatic carbocycles. The number of carbonyl (C=O) groups excluding carboxylic acids is 4. The van der Waals surface area contributed by atoms with E-state index in [0.717, 1.165) is 12.0 Å². The van der Waals surface area contributed by atoms with Gasteiger partial charge in [0.2, 0.25) is 35.4 Å². The molecule has 4 rings (SSSR count). The van der Waals surface area contributed by atoms with Crippen LogP contribution in [0.1, 0.15) is 83.7 Å². The molecule has 2 aliphatic rings. The van der Waals surface area contributed by atoms with Gasteiger partial charge >= 0.3 is 5.97 Å². The monoisotopic (exact) mass is 625 g/mol. The Kier molecular flexibility index (Phi) is 10.6. The zero-order valence-electron chi connectivity index (χ0n) is 26.3. The van der Waals surface area contributed by atoms with Crippen molar-refractivity contribution >= 4 is 29.6 Å². The van der Waals surface area contributed by atoms with Gasteiger partial charge in [0, 0.05) is 13.0 Å². The van der Waals surface area contributed by atoms with Crippen LogP contribution in [-0.2, 0) is 35.9 Å². The number of hydrogen-bond acceptors (Lipinski definition) is 9. The molecule has 2 bridgehead atoms. The number of carboxylic acids is 1. The summed E-state index contributed by atoms with van der Waals surface area (Å²) in [4.78, 5) is 68.1. The molecule has 0 aliphatic carbocycles. The summed E-state index contributed by atoms with van der Waals surface area (Å²) in [5.41, 5.74) is -0.0718. The number of amides is 4. The highest BCUT2D eigenvalue weighted by molar-refractivity contribution is 5.96. The van der Waals surface area contributed by atoms with E-state index in [1.165, 1.54) is 0 Å². The number of nitrogens with zero attached hydrogens (tertiary/aromatic N) is 3. The SMILES string of the molecule is CC(C)C[C@H]1NC(=O)[C@H](Cc2ccccc2)NC(=O)[C@@H]2CCCN2C(C)(C)c2nnc(o2)[C@H](C)NC(=O)[C@@H](CC(=O)O)NC1=O. The van der Waals surface area contributed by atoms with E-state index in [9.17, 15) is 29.1 Å². The van der Waals surface area contributed by atoms with Crippen molar-refractivity contribution in [1.29, 1.82) is 0 Å². The van der Waals surface area contributed by atoms with Crippen LogP contribution in [0.15, 0.2) is 34.7 Å². The minimum Gasteiger partial charge on any atom is -0.481 e. The summed E-state index contributed by atoms with van der Waals surface area (Å²) < 4.78 is 5.99. The fraction of sp³-hybridized carbons (Fsp3) is 0.581. The minimum absolute atomic E-state index is 0.0474. The van der Waals surface area contributed by atoms with E-state index in [4.69, 9.17) is 4.42 Å². The highest BCUT2D eigenvalue weighted by atomic mass is 16.4. The Morgan fingerprint density at radius 2 is 1.58 bits per heavy atom. The second kappa shape index (κ2) is 14.2. The number of carbonyl (C=O) groups is 5. The summed E-state index contributed by atoms with van der Waals surface area (Å²) >= 11 is 0. The van der Waals surface area contributed by atoms with Crippen LogP contribution in [0.3, 0.4) is 0 Å². The third-order valence-electron chi connectivity index (χ3n) is 8.23. The summed E-state index contributed by atoms with van der Waals surface area (Å²) in [6, 6.07) is 4.21. The zero-order chi connectivity index (χ0) is 32.9. The van der Waals surface area contributed by atoms with Crippen molar-refractivity contribution < 1.29 is 33.5 Å². The van der Waals surface area contributed by atoms with E-state index in [-0.39, 0.29) is 36.4 Å². The fourth-order valence-electron chi connectivity index (χ4n) is 5.82. The molecule has 3 heterocycles. The van der Waals surface area contributed by atoms with Crippen molar-refractivity contribution in [1.82, 2.24) is 36.4 Å². The Morgan fingerprint density at radius 1 is 0.956 bits per heavy atom. The van der Waals surface area contributed by atoms with Gasteiger partial charge in [-0.2, -0.15) is 0 Å². The smallest absolute Gasteiger partial charge is 0.305 e. The molecular weight excluding hydrogens is 582 g/mol. The van der Waals surface area contributed by atoms with Gasteiger partial charge in [-0.15, -0.1) is 10.2 Å². The third kappa shape index (κ3) is 8.24. The second-order valence-corrected chi connectivity index (χ2v) is 12.7. The maximum Gasteiger partial charge on any atom is 0.305 e. The molecule has 0 saturated carbocycles. The fourth-order valence-corrected chi connectivity index (χ4v) is 5.82. The lowest BCUT2D eigenvalue weighted by atomic mass is 9.99. The van der Waals surface area contributed by atoms with E-state index < -0.39 is 65.9 Å². The quantitative estimate of drug-likeness (QED) is 0.311. The first-order valence-electron chi connectivity index (χ1n) is 15.3. The lowest BCUT2D eigenvalue weighted by molar-refractivity contribution is -0.141. The number of aliphatic carboxylic acids is 1. The van der Waals surface area contributed by atoms with Gasteiger partial charge in [-0.25, -0.2) is 0 Å². The molecule has 0 radical (unpaired) electrons. The summed E-state index contributed by atoms with van der Waals surface area (Å²) in [6.07, 6.45) is 0.950. The average molecular weight is 626 g/mol. The number of fused-ring (bicyclic) bond motifs is 3.